The van der Waals surface area contributed by atoms with Gasteiger partial charge in [-0.25, -0.2) is 8.78 Å². The first-order chi connectivity index (χ1) is 9.47. The molecular weight excluding hydrogens is 325 g/mol. The van der Waals surface area contributed by atoms with Crippen molar-refractivity contribution in [2.45, 2.75) is 4.90 Å². The maximum atomic E-state index is 13.4. The van der Waals surface area contributed by atoms with Crippen molar-refractivity contribution < 1.29 is 13.6 Å². The van der Waals surface area contributed by atoms with Gasteiger partial charge in [-0.3, -0.25) is 4.79 Å². The number of hydrogen-bond donors (Lipinski definition) is 0. The van der Waals surface area contributed by atoms with E-state index >= 15 is 0 Å². The van der Waals surface area contributed by atoms with Gasteiger partial charge >= 0.3 is 0 Å². The average Bonchev–Trinajstić information content (AvgIpc) is 2.40. The number of Topliss-reactive ketones (excluding diaryl/α,β-unsaturated/α-hetero) is 1. The first-order valence-electron chi connectivity index (χ1n) is 5.53. The highest BCUT2D eigenvalue weighted by atomic mass is 35.5. The number of carbonyl (C=O) groups is 1. The van der Waals surface area contributed by atoms with Crippen molar-refractivity contribution in [2.24, 2.45) is 0 Å². The number of ketones is 1. The van der Waals surface area contributed by atoms with Crippen LogP contribution in [0.5, 0.6) is 0 Å². The van der Waals surface area contributed by atoms with Crippen molar-refractivity contribution >= 4 is 40.7 Å². The lowest BCUT2D eigenvalue weighted by molar-refractivity contribution is 0.102. The molecule has 2 rings (SSSR count). The lowest BCUT2D eigenvalue weighted by Crippen LogP contribution is -2.03. The zero-order valence-electron chi connectivity index (χ0n) is 10.00. The fourth-order valence-corrected chi connectivity index (χ4v) is 2.72. The molecule has 0 saturated carbocycles. The van der Waals surface area contributed by atoms with Crippen LogP contribution >= 0.6 is 35.0 Å². The van der Waals surface area contributed by atoms with Crippen molar-refractivity contribution in [2.75, 3.05) is 5.75 Å². The molecule has 0 spiro atoms. The summed E-state index contributed by atoms with van der Waals surface area (Å²) in [6, 6.07) is 7.78. The van der Waals surface area contributed by atoms with Crippen LogP contribution in [0, 0.1) is 11.6 Å². The molecule has 0 unspecified atom stereocenters. The third kappa shape index (κ3) is 3.72. The molecule has 1 nitrogen and oxygen atoms in total. The van der Waals surface area contributed by atoms with Crippen LogP contribution in [0.4, 0.5) is 8.78 Å². The van der Waals surface area contributed by atoms with Crippen LogP contribution in [0.25, 0.3) is 0 Å². The Kier molecular flexibility index (Phi) is 5.02. The van der Waals surface area contributed by atoms with Gasteiger partial charge in [-0.05, 0) is 30.3 Å². The third-order valence-corrected chi connectivity index (χ3v) is 4.09. The molecule has 0 saturated heterocycles. The number of benzene rings is 2. The monoisotopic (exact) mass is 332 g/mol. The van der Waals surface area contributed by atoms with E-state index in [-0.39, 0.29) is 22.0 Å². The van der Waals surface area contributed by atoms with Crippen molar-refractivity contribution in [3.8, 4) is 0 Å². The first kappa shape index (κ1) is 15.3. The molecule has 2 aromatic carbocycles. The molecule has 0 amide bonds. The summed E-state index contributed by atoms with van der Waals surface area (Å²) in [5.41, 5.74) is 0.286. The SMILES string of the molecule is O=C(CSc1ccc(F)cc1F)c1cc(Cl)ccc1Cl. The Balaban J connectivity index is 2.10. The van der Waals surface area contributed by atoms with Crippen LogP contribution in [0.2, 0.25) is 10.0 Å². The quantitative estimate of drug-likeness (QED) is 0.562. The van der Waals surface area contributed by atoms with E-state index in [1.54, 1.807) is 6.07 Å². The van der Waals surface area contributed by atoms with Gasteiger partial charge in [0.15, 0.2) is 5.78 Å². The molecule has 0 fully saturated rings. The van der Waals surface area contributed by atoms with Crippen LogP contribution in [-0.4, -0.2) is 11.5 Å². The number of hydrogen-bond acceptors (Lipinski definition) is 2. The van der Waals surface area contributed by atoms with Crippen molar-refractivity contribution in [3.63, 3.8) is 0 Å². The maximum Gasteiger partial charge on any atom is 0.174 e. The predicted molar refractivity (Wildman–Crippen MR) is 77.9 cm³/mol. The highest BCUT2D eigenvalue weighted by molar-refractivity contribution is 8.00. The lowest BCUT2D eigenvalue weighted by atomic mass is 10.1. The van der Waals surface area contributed by atoms with Gasteiger partial charge in [0.25, 0.3) is 0 Å². The molecule has 0 aliphatic heterocycles. The van der Waals surface area contributed by atoms with Crippen LogP contribution in [0.1, 0.15) is 10.4 Å². The Labute approximate surface area is 128 Å². The minimum absolute atomic E-state index is 0.0113. The van der Waals surface area contributed by atoms with E-state index < -0.39 is 11.6 Å². The normalized spacial score (nSPS) is 10.6. The number of halogens is 4. The molecule has 0 N–H and O–H groups in total. The van der Waals surface area contributed by atoms with Gasteiger partial charge in [0, 0.05) is 21.5 Å². The van der Waals surface area contributed by atoms with E-state index in [0.717, 1.165) is 23.9 Å². The molecular formula is C14H8Cl2F2OS. The van der Waals surface area contributed by atoms with Crippen LogP contribution < -0.4 is 0 Å². The molecule has 0 aliphatic carbocycles. The Bertz CT molecular complexity index is 662. The van der Waals surface area contributed by atoms with Crippen molar-refractivity contribution in [3.05, 3.63) is 63.6 Å². The first-order valence-corrected chi connectivity index (χ1v) is 7.27. The second kappa shape index (κ2) is 6.57. The average molecular weight is 333 g/mol. The molecule has 0 aliphatic rings. The van der Waals surface area contributed by atoms with Gasteiger partial charge in [0.05, 0.1) is 10.8 Å². The smallest absolute Gasteiger partial charge is 0.174 e. The van der Waals surface area contributed by atoms with Crippen molar-refractivity contribution in [1.29, 1.82) is 0 Å². The zero-order valence-corrected chi connectivity index (χ0v) is 12.3. The Morgan fingerprint density at radius 2 is 1.85 bits per heavy atom. The van der Waals surface area contributed by atoms with Gasteiger partial charge in [-0.2, -0.15) is 0 Å². The van der Waals surface area contributed by atoms with E-state index in [4.69, 9.17) is 23.2 Å². The molecule has 6 heteroatoms. The van der Waals surface area contributed by atoms with Gasteiger partial charge in [-0.15, -0.1) is 11.8 Å². The fourth-order valence-electron chi connectivity index (χ4n) is 1.52. The van der Waals surface area contributed by atoms with E-state index in [1.807, 2.05) is 0 Å². The largest absolute Gasteiger partial charge is 0.293 e. The molecule has 0 atom stereocenters. The highest BCUT2D eigenvalue weighted by Gasteiger charge is 2.13. The molecule has 0 aromatic heterocycles. The standard InChI is InChI=1S/C14H8Cl2F2OS/c15-8-1-3-11(16)10(5-8)13(19)7-20-14-4-2-9(17)6-12(14)18/h1-6H,7H2. The third-order valence-electron chi connectivity index (χ3n) is 2.48. The fraction of sp³-hybridized carbons (Fsp3) is 0.0714. The van der Waals surface area contributed by atoms with Gasteiger partial charge in [0.1, 0.15) is 11.6 Å². The van der Waals surface area contributed by atoms with Gasteiger partial charge in [-0.1, -0.05) is 23.2 Å². The van der Waals surface area contributed by atoms with Crippen LogP contribution in [0.3, 0.4) is 0 Å². The van der Waals surface area contributed by atoms with E-state index in [2.05, 4.69) is 0 Å². The molecule has 2 aromatic rings. The molecule has 104 valence electrons. The topological polar surface area (TPSA) is 17.1 Å². The van der Waals surface area contributed by atoms with Crippen LogP contribution in [-0.2, 0) is 0 Å². The van der Waals surface area contributed by atoms with E-state index in [0.29, 0.717) is 10.0 Å². The number of rotatable bonds is 4. The molecule has 0 radical (unpaired) electrons. The molecule has 0 heterocycles. The Morgan fingerprint density at radius 1 is 1.10 bits per heavy atom. The zero-order chi connectivity index (χ0) is 14.7. The van der Waals surface area contributed by atoms with Gasteiger partial charge < -0.3 is 0 Å². The predicted octanol–water partition coefficient (Wildman–Crippen LogP) is 5.25. The summed E-state index contributed by atoms with van der Waals surface area (Å²) in [6.07, 6.45) is 0. The minimum atomic E-state index is -0.694. The van der Waals surface area contributed by atoms with Crippen molar-refractivity contribution in [1.82, 2.24) is 0 Å². The summed E-state index contributed by atoms with van der Waals surface area (Å²) in [6.45, 7) is 0. The lowest BCUT2D eigenvalue weighted by Gasteiger charge is -2.05. The second-order valence-electron chi connectivity index (χ2n) is 3.91. The second-order valence-corrected chi connectivity index (χ2v) is 5.77. The molecule has 20 heavy (non-hydrogen) atoms. The minimum Gasteiger partial charge on any atom is -0.293 e. The summed E-state index contributed by atoms with van der Waals surface area (Å²) < 4.78 is 26.2. The summed E-state index contributed by atoms with van der Waals surface area (Å²) in [5.74, 6) is -1.63. The summed E-state index contributed by atoms with van der Waals surface area (Å²) in [4.78, 5) is 12.2. The maximum absolute atomic E-state index is 13.4. The van der Waals surface area contributed by atoms with E-state index in [1.165, 1.54) is 18.2 Å². The summed E-state index contributed by atoms with van der Waals surface area (Å²) in [5, 5.41) is 0.690. The van der Waals surface area contributed by atoms with Crippen LogP contribution in [0.15, 0.2) is 41.3 Å². The Hall–Kier alpha value is -1.10. The highest BCUT2D eigenvalue weighted by Crippen LogP contribution is 2.26. The summed E-state index contributed by atoms with van der Waals surface area (Å²) in [7, 11) is 0. The number of thioether (sulfide) groups is 1. The van der Waals surface area contributed by atoms with E-state index in [9.17, 15) is 13.6 Å². The Morgan fingerprint density at radius 3 is 2.55 bits per heavy atom. The van der Waals surface area contributed by atoms with Gasteiger partial charge in [0.2, 0.25) is 0 Å². The number of carbonyl (C=O) groups excluding carboxylic acids is 1. The molecule has 0 bridgehead atoms. The summed E-state index contributed by atoms with van der Waals surface area (Å²) >= 11 is 12.7.